The van der Waals surface area contributed by atoms with Gasteiger partial charge >= 0.3 is 6.18 Å². The lowest BCUT2D eigenvalue weighted by Gasteiger charge is -2.47. The Balaban J connectivity index is 1.42. The number of aromatic nitrogens is 3. The van der Waals surface area contributed by atoms with Crippen LogP contribution in [0.1, 0.15) is 42.6 Å². The molecule has 0 bridgehead atoms. The molecule has 2 saturated heterocycles. The molecule has 5 rings (SSSR count). The standard InChI is InChI=1S/C24H26F3N5O/c1-15(17-4-3-5-18(10-17)24(25,26)27)29-22-20-11-19(12-28-21(20)16(2)30-31-22)32-8-6-23(7-9-32)13-33-14-23/h3-5,10-12,15H,6-9,13-14H2,1-2H3,(H,29,31)/t15-/m1/s1. The van der Waals surface area contributed by atoms with E-state index in [1.54, 1.807) is 6.07 Å². The fraction of sp³-hybridized carbons (Fsp3) is 0.458. The third-order valence-electron chi connectivity index (χ3n) is 6.84. The summed E-state index contributed by atoms with van der Waals surface area (Å²) in [6.07, 6.45) is -0.331. The molecule has 1 spiro atoms. The van der Waals surface area contributed by atoms with Crippen molar-refractivity contribution >= 4 is 22.4 Å². The van der Waals surface area contributed by atoms with Crippen LogP contribution in [0.2, 0.25) is 0 Å². The Kier molecular flexibility index (Phi) is 5.39. The number of aryl methyl sites for hydroxylation is 1. The fourth-order valence-electron chi connectivity index (χ4n) is 4.62. The quantitative estimate of drug-likeness (QED) is 0.585. The molecule has 174 valence electrons. The Labute approximate surface area is 190 Å². The molecule has 0 unspecified atom stereocenters. The molecule has 2 aromatic heterocycles. The van der Waals surface area contributed by atoms with E-state index in [2.05, 4.69) is 31.5 Å². The summed E-state index contributed by atoms with van der Waals surface area (Å²) in [6.45, 7) is 7.25. The van der Waals surface area contributed by atoms with Gasteiger partial charge in [0, 0.05) is 23.9 Å². The predicted octanol–water partition coefficient (Wildman–Crippen LogP) is 5.14. The summed E-state index contributed by atoms with van der Waals surface area (Å²) >= 11 is 0. The van der Waals surface area contributed by atoms with E-state index in [-0.39, 0.29) is 0 Å². The molecule has 6 nitrogen and oxygen atoms in total. The van der Waals surface area contributed by atoms with Crippen molar-refractivity contribution in [2.45, 2.75) is 38.9 Å². The zero-order valence-electron chi connectivity index (χ0n) is 18.6. The van der Waals surface area contributed by atoms with Crippen molar-refractivity contribution in [2.24, 2.45) is 5.41 Å². The van der Waals surface area contributed by atoms with Gasteiger partial charge in [-0.2, -0.15) is 18.3 Å². The molecular weight excluding hydrogens is 431 g/mol. The highest BCUT2D eigenvalue weighted by atomic mass is 19.4. The minimum absolute atomic E-state index is 0.343. The van der Waals surface area contributed by atoms with Crippen LogP contribution < -0.4 is 10.2 Å². The number of nitrogens with zero attached hydrogens (tertiary/aromatic N) is 4. The summed E-state index contributed by atoms with van der Waals surface area (Å²) in [6, 6.07) is 7.00. The van der Waals surface area contributed by atoms with Crippen LogP contribution in [0.5, 0.6) is 0 Å². The minimum atomic E-state index is -4.39. The fourth-order valence-corrected chi connectivity index (χ4v) is 4.62. The zero-order valence-corrected chi connectivity index (χ0v) is 18.6. The summed E-state index contributed by atoms with van der Waals surface area (Å²) in [5, 5.41) is 12.6. The number of fused-ring (bicyclic) bond motifs is 1. The summed E-state index contributed by atoms with van der Waals surface area (Å²) < 4.78 is 44.9. The number of pyridine rings is 1. The highest BCUT2D eigenvalue weighted by Crippen LogP contribution is 2.40. The maximum Gasteiger partial charge on any atom is 0.416 e. The van der Waals surface area contributed by atoms with Crippen molar-refractivity contribution in [1.82, 2.24) is 15.2 Å². The maximum atomic E-state index is 13.1. The van der Waals surface area contributed by atoms with Crippen LogP contribution in [-0.2, 0) is 10.9 Å². The number of rotatable bonds is 4. The Morgan fingerprint density at radius 3 is 2.55 bits per heavy atom. The second-order valence-corrected chi connectivity index (χ2v) is 9.19. The van der Waals surface area contributed by atoms with E-state index >= 15 is 0 Å². The van der Waals surface area contributed by atoms with Gasteiger partial charge in [0.05, 0.1) is 47.9 Å². The molecule has 1 atom stereocenters. The lowest BCUT2D eigenvalue weighted by molar-refractivity contribution is -0.137. The topological polar surface area (TPSA) is 63.2 Å². The van der Waals surface area contributed by atoms with Gasteiger partial charge in [0.25, 0.3) is 0 Å². The molecule has 1 aromatic carbocycles. The van der Waals surface area contributed by atoms with E-state index in [1.165, 1.54) is 12.1 Å². The predicted molar refractivity (Wildman–Crippen MR) is 120 cm³/mol. The van der Waals surface area contributed by atoms with Crippen LogP contribution in [0.3, 0.4) is 0 Å². The molecule has 2 aliphatic rings. The third-order valence-corrected chi connectivity index (χ3v) is 6.84. The number of hydrogen-bond acceptors (Lipinski definition) is 6. The van der Waals surface area contributed by atoms with Gasteiger partial charge in [0.2, 0.25) is 0 Å². The number of alkyl halides is 3. The second-order valence-electron chi connectivity index (χ2n) is 9.19. The van der Waals surface area contributed by atoms with Gasteiger partial charge in [-0.15, -0.1) is 5.10 Å². The van der Waals surface area contributed by atoms with Crippen molar-refractivity contribution in [3.05, 3.63) is 53.3 Å². The largest absolute Gasteiger partial charge is 0.416 e. The van der Waals surface area contributed by atoms with Gasteiger partial charge < -0.3 is 15.0 Å². The first-order valence-corrected chi connectivity index (χ1v) is 11.1. The van der Waals surface area contributed by atoms with E-state index in [1.807, 2.05) is 20.0 Å². The smallest absolute Gasteiger partial charge is 0.380 e. The summed E-state index contributed by atoms with van der Waals surface area (Å²) in [7, 11) is 0. The second kappa shape index (κ2) is 8.13. The Hall–Kier alpha value is -2.94. The minimum Gasteiger partial charge on any atom is -0.380 e. The number of benzene rings is 1. The van der Waals surface area contributed by atoms with E-state index in [0.717, 1.165) is 61.8 Å². The molecule has 0 amide bonds. The number of nitrogens with one attached hydrogen (secondary N) is 1. The zero-order chi connectivity index (χ0) is 23.2. The van der Waals surface area contributed by atoms with Gasteiger partial charge in [0.15, 0.2) is 5.82 Å². The third kappa shape index (κ3) is 4.21. The van der Waals surface area contributed by atoms with Crippen molar-refractivity contribution in [3.63, 3.8) is 0 Å². The highest BCUT2D eigenvalue weighted by Gasteiger charge is 2.41. The van der Waals surface area contributed by atoms with Crippen molar-refractivity contribution in [2.75, 3.05) is 36.5 Å². The average Bonchev–Trinajstić information content (AvgIpc) is 2.79. The van der Waals surface area contributed by atoms with Gasteiger partial charge in [-0.1, -0.05) is 12.1 Å². The van der Waals surface area contributed by atoms with Crippen molar-refractivity contribution in [3.8, 4) is 0 Å². The van der Waals surface area contributed by atoms with E-state index in [9.17, 15) is 13.2 Å². The molecule has 2 aliphatic heterocycles. The monoisotopic (exact) mass is 457 g/mol. The van der Waals surface area contributed by atoms with Crippen LogP contribution >= 0.6 is 0 Å². The number of halogens is 3. The van der Waals surface area contributed by atoms with Crippen LogP contribution in [0.4, 0.5) is 24.7 Å². The number of hydrogen-bond donors (Lipinski definition) is 1. The van der Waals surface area contributed by atoms with E-state index < -0.39 is 17.8 Å². The van der Waals surface area contributed by atoms with Gasteiger partial charge in [0.1, 0.15) is 0 Å². The molecule has 0 radical (unpaired) electrons. The molecule has 4 heterocycles. The molecule has 3 aromatic rings. The van der Waals surface area contributed by atoms with Crippen molar-refractivity contribution < 1.29 is 17.9 Å². The molecule has 9 heteroatoms. The molecule has 1 N–H and O–H groups in total. The molecule has 33 heavy (non-hydrogen) atoms. The van der Waals surface area contributed by atoms with E-state index in [4.69, 9.17) is 4.74 Å². The van der Waals surface area contributed by atoms with Gasteiger partial charge in [-0.25, -0.2) is 0 Å². The summed E-state index contributed by atoms with van der Waals surface area (Å²) in [5.74, 6) is 0.510. The average molecular weight is 458 g/mol. The summed E-state index contributed by atoms with van der Waals surface area (Å²) in [4.78, 5) is 6.98. The Morgan fingerprint density at radius 2 is 1.88 bits per heavy atom. The lowest BCUT2D eigenvalue weighted by Crippen LogP contribution is -2.50. The first-order chi connectivity index (χ1) is 15.7. The molecule has 0 aliphatic carbocycles. The Morgan fingerprint density at radius 1 is 1.12 bits per heavy atom. The molecule has 0 saturated carbocycles. The van der Waals surface area contributed by atoms with Crippen LogP contribution in [-0.4, -0.2) is 41.5 Å². The molecular formula is C24H26F3N5O. The van der Waals surface area contributed by atoms with Crippen LogP contribution in [0.25, 0.3) is 10.9 Å². The van der Waals surface area contributed by atoms with Gasteiger partial charge in [-0.05, 0) is 50.5 Å². The van der Waals surface area contributed by atoms with Crippen LogP contribution in [0.15, 0.2) is 36.5 Å². The normalized spacial score (nSPS) is 18.9. The first-order valence-electron chi connectivity index (χ1n) is 11.1. The van der Waals surface area contributed by atoms with Gasteiger partial charge in [-0.3, -0.25) is 4.98 Å². The first kappa shape index (κ1) is 21.9. The van der Waals surface area contributed by atoms with E-state index in [0.29, 0.717) is 22.5 Å². The SMILES string of the molecule is Cc1nnc(N[C@H](C)c2cccc(C(F)(F)F)c2)c2cc(N3CCC4(CC3)COC4)cnc12. The maximum absolute atomic E-state index is 13.1. The highest BCUT2D eigenvalue weighted by molar-refractivity contribution is 5.92. The lowest BCUT2D eigenvalue weighted by atomic mass is 9.77. The van der Waals surface area contributed by atoms with Crippen molar-refractivity contribution in [1.29, 1.82) is 0 Å². The summed E-state index contributed by atoms with van der Waals surface area (Å²) in [5.41, 5.74) is 2.65. The van der Waals surface area contributed by atoms with Crippen LogP contribution in [0, 0.1) is 12.3 Å². The number of anilines is 2. The Bertz CT molecular complexity index is 1170. The molecule has 2 fully saturated rings. The number of piperidine rings is 1. The number of ether oxygens (including phenoxy) is 1.